The minimum Gasteiger partial charge on any atom is -0.467 e. The molecule has 3 heterocycles. The molecule has 2 aliphatic rings. The van der Waals surface area contributed by atoms with Crippen molar-refractivity contribution in [1.29, 1.82) is 0 Å². The molecule has 7 nitrogen and oxygen atoms in total. The number of carbonyl (C=O) groups excluding carboxylic acids is 2. The van der Waals surface area contributed by atoms with Gasteiger partial charge in [0.25, 0.3) is 5.91 Å². The number of aromatic nitrogens is 2. The van der Waals surface area contributed by atoms with E-state index in [1.165, 1.54) is 0 Å². The molecule has 2 amide bonds. The second-order valence-electron chi connectivity index (χ2n) is 9.19. The van der Waals surface area contributed by atoms with E-state index in [-0.39, 0.29) is 24.4 Å². The third kappa shape index (κ3) is 3.42. The van der Waals surface area contributed by atoms with Crippen LogP contribution in [0.4, 0.5) is 0 Å². The third-order valence-corrected chi connectivity index (χ3v) is 6.89. The molecule has 0 radical (unpaired) electrons. The molecule has 3 aromatic rings. The summed E-state index contributed by atoms with van der Waals surface area (Å²) in [7, 11) is 0. The summed E-state index contributed by atoms with van der Waals surface area (Å²) >= 11 is 0. The number of benzene rings is 1. The Morgan fingerprint density at radius 3 is 2.71 bits per heavy atom. The number of furan rings is 1. The summed E-state index contributed by atoms with van der Waals surface area (Å²) in [4.78, 5) is 33.4. The Morgan fingerprint density at radius 1 is 1.19 bits per heavy atom. The van der Waals surface area contributed by atoms with Crippen LogP contribution >= 0.6 is 0 Å². The maximum Gasteiger partial charge on any atom is 0.291 e. The van der Waals surface area contributed by atoms with Gasteiger partial charge in [-0.1, -0.05) is 19.1 Å². The molecule has 0 spiro atoms. The average molecular weight is 421 g/mol. The van der Waals surface area contributed by atoms with E-state index in [1.807, 2.05) is 41.8 Å². The Morgan fingerprint density at radius 2 is 1.97 bits per heavy atom. The summed E-state index contributed by atoms with van der Waals surface area (Å²) < 4.78 is 7.40. The minimum absolute atomic E-state index is 0.115. The van der Waals surface area contributed by atoms with E-state index in [9.17, 15) is 9.59 Å². The smallest absolute Gasteiger partial charge is 0.291 e. The van der Waals surface area contributed by atoms with Crippen molar-refractivity contribution < 1.29 is 14.0 Å². The van der Waals surface area contributed by atoms with Crippen LogP contribution in [0.15, 0.2) is 47.1 Å². The first kappa shape index (κ1) is 19.8. The van der Waals surface area contributed by atoms with Crippen molar-refractivity contribution in [2.24, 2.45) is 5.92 Å². The van der Waals surface area contributed by atoms with Crippen LogP contribution in [0.3, 0.4) is 0 Å². The number of nitrogens with zero attached hydrogens (tertiary/aromatic N) is 3. The first-order valence-electron chi connectivity index (χ1n) is 11.1. The van der Waals surface area contributed by atoms with E-state index in [0.29, 0.717) is 24.0 Å². The van der Waals surface area contributed by atoms with E-state index in [0.717, 1.165) is 36.7 Å². The highest BCUT2D eigenvalue weighted by molar-refractivity contribution is 6.01. The summed E-state index contributed by atoms with van der Waals surface area (Å²) in [5.74, 6) is 1.34. The fraction of sp³-hybridized carbons (Fsp3) is 0.458. The van der Waals surface area contributed by atoms with E-state index in [4.69, 9.17) is 4.42 Å². The number of amides is 2. The number of carbonyl (C=O) groups is 2. The molecule has 1 aromatic carbocycles. The van der Waals surface area contributed by atoms with Gasteiger partial charge in [0, 0.05) is 6.04 Å². The van der Waals surface area contributed by atoms with E-state index >= 15 is 0 Å². The van der Waals surface area contributed by atoms with E-state index < -0.39 is 5.54 Å². The summed E-state index contributed by atoms with van der Waals surface area (Å²) in [5, 5.41) is 3.25. The van der Waals surface area contributed by atoms with Gasteiger partial charge >= 0.3 is 0 Å². The van der Waals surface area contributed by atoms with Gasteiger partial charge in [0.2, 0.25) is 5.91 Å². The van der Waals surface area contributed by atoms with Crippen LogP contribution < -0.4 is 5.32 Å². The highest BCUT2D eigenvalue weighted by atomic mass is 16.3. The summed E-state index contributed by atoms with van der Waals surface area (Å²) in [6.07, 6.45) is 5.78. The van der Waals surface area contributed by atoms with Crippen LogP contribution in [-0.2, 0) is 17.9 Å². The highest BCUT2D eigenvalue weighted by Crippen LogP contribution is 2.33. The molecule has 1 aliphatic heterocycles. The predicted octanol–water partition coefficient (Wildman–Crippen LogP) is 3.74. The second-order valence-corrected chi connectivity index (χ2v) is 9.19. The van der Waals surface area contributed by atoms with Gasteiger partial charge in [-0.2, -0.15) is 0 Å². The zero-order valence-corrected chi connectivity index (χ0v) is 18.0. The topological polar surface area (TPSA) is 80.4 Å². The number of hydrogen-bond donors (Lipinski definition) is 1. The SMILES string of the molecule is CC1CCC(NC(=O)C2(C)Cn3c(nc4ccccc43)C(=O)N2Cc2ccco2)CC1. The normalized spacial score (nSPS) is 26.1. The van der Waals surface area contributed by atoms with Crippen molar-refractivity contribution >= 4 is 22.8 Å². The van der Waals surface area contributed by atoms with Crippen molar-refractivity contribution in [3.63, 3.8) is 0 Å². The highest BCUT2D eigenvalue weighted by Gasteiger charge is 2.49. The summed E-state index contributed by atoms with van der Waals surface area (Å²) in [6.45, 7) is 4.69. The first-order valence-corrected chi connectivity index (χ1v) is 11.1. The molecule has 0 bridgehead atoms. The number of nitrogens with one attached hydrogen (secondary N) is 1. The van der Waals surface area contributed by atoms with Crippen molar-refractivity contribution in [3.05, 3.63) is 54.2 Å². The van der Waals surface area contributed by atoms with Crippen molar-refractivity contribution in [2.45, 2.75) is 64.2 Å². The lowest BCUT2D eigenvalue weighted by molar-refractivity contribution is -0.134. The van der Waals surface area contributed by atoms with Crippen LogP contribution in [0.25, 0.3) is 11.0 Å². The number of hydrogen-bond acceptors (Lipinski definition) is 4. The van der Waals surface area contributed by atoms with Crippen LogP contribution in [0.1, 0.15) is 55.9 Å². The van der Waals surface area contributed by atoms with Gasteiger partial charge in [-0.3, -0.25) is 9.59 Å². The van der Waals surface area contributed by atoms with E-state index in [1.54, 1.807) is 17.2 Å². The molecular weight excluding hydrogens is 392 g/mol. The number of rotatable bonds is 4. The third-order valence-electron chi connectivity index (χ3n) is 6.89. The quantitative estimate of drug-likeness (QED) is 0.697. The Labute approximate surface area is 181 Å². The molecule has 2 aromatic heterocycles. The largest absolute Gasteiger partial charge is 0.467 e. The number of imidazole rings is 1. The Kier molecular flexibility index (Phi) is 4.84. The molecule has 1 atom stereocenters. The zero-order chi connectivity index (χ0) is 21.6. The molecule has 7 heteroatoms. The molecule has 1 aliphatic carbocycles. The van der Waals surface area contributed by atoms with Crippen LogP contribution in [-0.4, -0.2) is 37.8 Å². The second kappa shape index (κ2) is 7.55. The van der Waals surface area contributed by atoms with Crippen LogP contribution in [0.2, 0.25) is 0 Å². The van der Waals surface area contributed by atoms with Gasteiger partial charge in [-0.25, -0.2) is 4.98 Å². The maximum absolute atomic E-state index is 13.7. The molecule has 1 unspecified atom stereocenters. The molecule has 1 saturated carbocycles. The number of fused-ring (bicyclic) bond motifs is 3. The van der Waals surface area contributed by atoms with E-state index in [2.05, 4.69) is 17.2 Å². The van der Waals surface area contributed by atoms with Crippen molar-refractivity contribution in [3.8, 4) is 0 Å². The lowest BCUT2D eigenvalue weighted by atomic mass is 9.86. The molecule has 5 rings (SSSR count). The zero-order valence-electron chi connectivity index (χ0n) is 18.0. The van der Waals surface area contributed by atoms with Crippen LogP contribution in [0.5, 0.6) is 0 Å². The maximum atomic E-state index is 13.7. The predicted molar refractivity (Wildman–Crippen MR) is 116 cm³/mol. The van der Waals surface area contributed by atoms with Gasteiger partial charge in [0.05, 0.1) is 30.4 Å². The Bertz CT molecular complexity index is 1110. The number of para-hydroxylation sites is 2. The van der Waals surface area contributed by atoms with Crippen molar-refractivity contribution in [1.82, 2.24) is 19.8 Å². The van der Waals surface area contributed by atoms with Gasteiger partial charge in [0.1, 0.15) is 11.3 Å². The van der Waals surface area contributed by atoms with Crippen LogP contribution in [0, 0.1) is 5.92 Å². The molecule has 31 heavy (non-hydrogen) atoms. The standard InChI is InChI=1S/C24H28N4O3/c1-16-9-11-17(12-10-16)25-23(30)24(2)15-27-20-8-4-3-7-19(20)26-21(27)22(29)28(24)14-18-6-5-13-31-18/h3-8,13,16-17H,9-12,14-15H2,1-2H3,(H,25,30). The lowest BCUT2D eigenvalue weighted by Crippen LogP contribution is -2.64. The molecule has 162 valence electrons. The Balaban J connectivity index is 1.51. The summed E-state index contributed by atoms with van der Waals surface area (Å²) in [6, 6.07) is 11.4. The van der Waals surface area contributed by atoms with Gasteiger partial charge in [-0.15, -0.1) is 0 Å². The fourth-order valence-electron chi connectivity index (χ4n) is 4.88. The summed E-state index contributed by atoms with van der Waals surface area (Å²) in [5.41, 5.74) is 0.576. The average Bonchev–Trinajstić information content (AvgIpc) is 3.41. The minimum atomic E-state index is -1.05. The Hall–Kier alpha value is -3.09. The molecular formula is C24H28N4O3. The molecule has 1 N–H and O–H groups in total. The molecule has 0 saturated heterocycles. The first-order chi connectivity index (χ1) is 15.0. The molecule has 1 fully saturated rings. The van der Waals surface area contributed by atoms with Crippen molar-refractivity contribution in [2.75, 3.05) is 0 Å². The van der Waals surface area contributed by atoms with Gasteiger partial charge < -0.3 is 19.2 Å². The fourth-order valence-corrected chi connectivity index (χ4v) is 4.88. The lowest BCUT2D eigenvalue weighted by Gasteiger charge is -2.44. The monoisotopic (exact) mass is 420 g/mol. The van der Waals surface area contributed by atoms with Gasteiger partial charge in [0.15, 0.2) is 5.82 Å². The van der Waals surface area contributed by atoms with Gasteiger partial charge in [-0.05, 0) is 62.8 Å².